The highest BCUT2D eigenvalue weighted by Crippen LogP contribution is 2.07. The Kier molecular flexibility index (Phi) is 3.58. The Morgan fingerprint density at radius 3 is 3.00 bits per heavy atom. The molecule has 2 rings (SSSR count). The van der Waals surface area contributed by atoms with Crippen molar-refractivity contribution >= 4 is 23.4 Å². The molecule has 0 saturated carbocycles. The molecule has 2 N–H and O–H groups in total. The Morgan fingerprint density at radius 1 is 1.53 bits per heavy atom. The number of halogens is 1. The fraction of sp³-hybridized carbons (Fsp3) is 0.364. The molecule has 1 fully saturated rings. The van der Waals surface area contributed by atoms with Gasteiger partial charge in [0.25, 0.3) is 5.91 Å². The summed E-state index contributed by atoms with van der Waals surface area (Å²) in [5.41, 5.74) is 0.286. The van der Waals surface area contributed by atoms with Crippen LogP contribution in [0.25, 0.3) is 0 Å². The molecule has 0 spiro atoms. The van der Waals surface area contributed by atoms with E-state index in [-0.39, 0.29) is 28.7 Å². The SMILES string of the molecule is O=C1CCC(NC(=O)c2cccc(Cl)n2)CN1. The minimum atomic E-state index is -0.270. The molecule has 1 unspecified atom stereocenters. The summed E-state index contributed by atoms with van der Waals surface area (Å²) >= 11 is 5.70. The van der Waals surface area contributed by atoms with Crippen LogP contribution in [0.3, 0.4) is 0 Å². The van der Waals surface area contributed by atoms with Crippen LogP contribution in [0.4, 0.5) is 0 Å². The van der Waals surface area contributed by atoms with Gasteiger partial charge in [0, 0.05) is 19.0 Å². The number of aromatic nitrogens is 1. The molecule has 0 radical (unpaired) electrons. The fourth-order valence-electron chi connectivity index (χ4n) is 1.65. The molecule has 17 heavy (non-hydrogen) atoms. The molecule has 0 bridgehead atoms. The lowest BCUT2D eigenvalue weighted by Crippen LogP contribution is -2.47. The minimum Gasteiger partial charge on any atom is -0.354 e. The number of hydrogen-bond acceptors (Lipinski definition) is 3. The van der Waals surface area contributed by atoms with Gasteiger partial charge in [-0.25, -0.2) is 4.98 Å². The van der Waals surface area contributed by atoms with Crippen LogP contribution in [0.2, 0.25) is 5.15 Å². The van der Waals surface area contributed by atoms with Crippen molar-refractivity contribution in [3.63, 3.8) is 0 Å². The van der Waals surface area contributed by atoms with Gasteiger partial charge in [-0.2, -0.15) is 0 Å². The average Bonchev–Trinajstić information content (AvgIpc) is 2.32. The van der Waals surface area contributed by atoms with Crippen LogP contribution in [0.5, 0.6) is 0 Å². The van der Waals surface area contributed by atoms with E-state index in [4.69, 9.17) is 11.6 Å². The molecule has 1 aliphatic rings. The van der Waals surface area contributed by atoms with Crippen molar-refractivity contribution < 1.29 is 9.59 Å². The minimum absolute atomic E-state index is 0.0244. The lowest BCUT2D eigenvalue weighted by Gasteiger charge is -2.23. The number of amides is 2. The molecular weight excluding hydrogens is 242 g/mol. The molecule has 1 aliphatic heterocycles. The van der Waals surface area contributed by atoms with Crippen LogP contribution in [-0.2, 0) is 4.79 Å². The van der Waals surface area contributed by atoms with Gasteiger partial charge in [0.15, 0.2) is 0 Å². The smallest absolute Gasteiger partial charge is 0.270 e. The highest BCUT2D eigenvalue weighted by molar-refractivity contribution is 6.29. The predicted octanol–water partition coefficient (Wildman–Crippen LogP) is 0.743. The number of nitrogens with zero attached hydrogens (tertiary/aromatic N) is 1. The lowest BCUT2D eigenvalue weighted by atomic mass is 10.1. The molecule has 2 amide bonds. The van der Waals surface area contributed by atoms with Gasteiger partial charge in [0.1, 0.15) is 10.8 Å². The standard InChI is InChI=1S/C11H12ClN3O2/c12-9-3-1-2-8(15-9)11(17)14-7-4-5-10(16)13-6-7/h1-3,7H,4-6H2,(H,13,16)(H,14,17). The molecule has 1 atom stereocenters. The van der Waals surface area contributed by atoms with E-state index in [2.05, 4.69) is 15.6 Å². The second-order valence-corrected chi connectivity index (χ2v) is 4.25. The molecule has 2 heterocycles. The van der Waals surface area contributed by atoms with Crippen molar-refractivity contribution in [1.29, 1.82) is 0 Å². The summed E-state index contributed by atoms with van der Waals surface area (Å²) in [6.45, 7) is 0.463. The number of nitrogens with one attached hydrogen (secondary N) is 2. The Balaban J connectivity index is 1.95. The molecule has 0 aliphatic carbocycles. The summed E-state index contributed by atoms with van der Waals surface area (Å²) in [4.78, 5) is 26.7. The number of carbonyl (C=O) groups is 2. The zero-order chi connectivity index (χ0) is 12.3. The molecule has 1 aromatic heterocycles. The Bertz CT molecular complexity index is 440. The quantitative estimate of drug-likeness (QED) is 0.764. The molecule has 5 nitrogen and oxygen atoms in total. The lowest BCUT2D eigenvalue weighted by molar-refractivity contribution is -0.122. The number of piperidine rings is 1. The molecule has 1 aromatic rings. The fourth-order valence-corrected chi connectivity index (χ4v) is 1.81. The van der Waals surface area contributed by atoms with E-state index in [0.717, 1.165) is 0 Å². The number of rotatable bonds is 2. The average molecular weight is 254 g/mol. The maximum Gasteiger partial charge on any atom is 0.270 e. The van der Waals surface area contributed by atoms with Crippen LogP contribution >= 0.6 is 11.6 Å². The first-order valence-corrected chi connectivity index (χ1v) is 5.73. The number of carbonyl (C=O) groups excluding carboxylic acids is 2. The number of pyridine rings is 1. The second-order valence-electron chi connectivity index (χ2n) is 3.86. The van der Waals surface area contributed by atoms with Gasteiger partial charge in [-0.15, -0.1) is 0 Å². The molecule has 90 valence electrons. The first kappa shape index (κ1) is 11.9. The third kappa shape index (κ3) is 3.17. The van der Waals surface area contributed by atoms with E-state index in [9.17, 15) is 9.59 Å². The largest absolute Gasteiger partial charge is 0.354 e. The topological polar surface area (TPSA) is 71.1 Å². The summed E-state index contributed by atoms with van der Waals surface area (Å²) in [7, 11) is 0. The molecule has 1 saturated heterocycles. The van der Waals surface area contributed by atoms with E-state index >= 15 is 0 Å². The molecule has 6 heteroatoms. The van der Waals surface area contributed by atoms with Crippen LogP contribution in [0.1, 0.15) is 23.3 Å². The van der Waals surface area contributed by atoms with E-state index < -0.39 is 0 Å². The van der Waals surface area contributed by atoms with Crippen molar-refractivity contribution in [1.82, 2.24) is 15.6 Å². The van der Waals surface area contributed by atoms with E-state index in [1.807, 2.05) is 0 Å². The zero-order valence-electron chi connectivity index (χ0n) is 9.07. The van der Waals surface area contributed by atoms with Gasteiger partial charge in [0.05, 0.1) is 0 Å². The van der Waals surface area contributed by atoms with Crippen molar-refractivity contribution in [2.24, 2.45) is 0 Å². The highest BCUT2D eigenvalue weighted by atomic mass is 35.5. The van der Waals surface area contributed by atoms with Gasteiger partial charge in [0.2, 0.25) is 5.91 Å². The van der Waals surface area contributed by atoms with Gasteiger partial charge >= 0.3 is 0 Å². The Morgan fingerprint density at radius 2 is 2.35 bits per heavy atom. The first-order chi connectivity index (χ1) is 8.15. The third-order valence-electron chi connectivity index (χ3n) is 2.55. The van der Waals surface area contributed by atoms with Crippen LogP contribution in [0.15, 0.2) is 18.2 Å². The number of hydrogen-bond donors (Lipinski definition) is 2. The van der Waals surface area contributed by atoms with Crippen molar-refractivity contribution in [2.75, 3.05) is 6.54 Å². The monoisotopic (exact) mass is 253 g/mol. The van der Waals surface area contributed by atoms with Crippen LogP contribution < -0.4 is 10.6 Å². The van der Waals surface area contributed by atoms with Crippen molar-refractivity contribution in [3.05, 3.63) is 29.0 Å². The summed E-state index contributed by atoms with van der Waals surface area (Å²) in [6, 6.07) is 4.84. The Labute approximate surface area is 104 Å². The van der Waals surface area contributed by atoms with Crippen molar-refractivity contribution in [3.8, 4) is 0 Å². The van der Waals surface area contributed by atoms with Crippen molar-refractivity contribution in [2.45, 2.75) is 18.9 Å². The first-order valence-electron chi connectivity index (χ1n) is 5.35. The predicted molar refractivity (Wildman–Crippen MR) is 62.7 cm³/mol. The summed E-state index contributed by atoms with van der Waals surface area (Å²) in [5.74, 6) is -0.245. The third-order valence-corrected chi connectivity index (χ3v) is 2.76. The summed E-state index contributed by atoms with van der Waals surface area (Å²) < 4.78 is 0. The maximum absolute atomic E-state index is 11.8. The van der Waals surface area contributed by atoms with E-state index in [1.165, 1.54) is 0 Å². The Hall–Kier alpha value is -1.62. The summed E-state index contributed by atoms with van der Waals surface area (Å²) in [5, 5.41) is 5.79. The van der Waals surface area contributed by atoms with Gasteiger partial charge < -0.3 is 10.6 Å². The van der Waals surface area contributed by atoms with Gasteiger partial charge in [-0.1, -0.05) is 17.7 Å². The van der Waals surface area contributed by atoms with E-state index in [0.29, 0.717) is 19.4 Å². The van der Waals surface area contributed by atoms with E-state index in [1.54, 1.807) is 18.2 Å². The zero-order valence-corrected chi connectivity index (χ0v) is 9.83. The molecular formula is C11H12ClN3O2. The highest BCUT2D eigenvalue weighted by Gasteiger charge is 2.20. The second kappa shape index (κ2) is 5.14. The summed E-state index contributed by atoms with van der Waals surface area (Å²) in [6.07, 6.45) is 1.09. The van der Waals surface area contributed by atoms with Crippen LogP contribution in [0, 0.1) is 0 Å². The van der Waals surface area contributed by atoms with Crippen LogP contribution in [-0.4, -0.2) is 29.4 Å². The molecule has 0 aromatic carbocycles. The normalized spacial score (nSPS) is 19.6. The van der Waals surface area contributed by atoms with Gasteiger partial charge in [-0.05, 0) is 18.6 Å². The maximum atomic E-state index is 11.8. The van der Waals surface area contributed by atoms with Gasteiger partial charge in [-0.3, -0.25) is 9.59 Å².